The molecular weight excluding hydrogens is 337 g/mol. The van der Waals surface area contributed by atoms with Crippen LogP contribution in [0.1, 0.15) is 20.1 Å². The predicted octanol–water partition coefficient (Wildman–Crippen LogP) is -0.0558. The van der Waals surface area contributed by atoms with Crippen LogP contribution < -0.4 is 5.32 Å². The number of anilines is 1. The van der Waals surface area contributed by atoms with Crippen LogP contribution in [0.2, 0.25) is 0 Å². The first-order valence-electron chi connectivity index (χ1n) is 7.45. The zero-order valence-electron chi connectivity index (χ0n) is 13.4. The Morgan fingerprint density at radius 2 is 2.16 bits per heavy atom. The third-order valence-electron chi connectivity index (χ3n) is 3.67. The van der Waals surface area contributed by atoms with Crippen LogP contribution in [0.5, 0.6) is 0 Å². The van der Waals surface area contributed by atoms with Crippen molar-refractivity contribution in [2.45, 2.75) is 38.5 Å². The molecule has 1 amide bonds. The van der Waals surface area contributed by atoms with E-state index in [1.165, 1.54) is 24.1 Å². The zero-order chi connectivity index (χ0) is 18.1. The summed E-state index contributed by atoms with van der Waals surface area (Å²) in [7, 11) is 0. The van der Waals surface area contributed by atoms with Crippen LogP contribution in [0, 0.1) is 0 Å². The molecular formula is C14H16FN5O5. The molecule has 2 N–H and O–H groups in total. The number of halogens is 1. The van der Waals surface area contributed by atoms with Gasteiger partial charge in [0.15, 0.2) is 35.5 Å². The third kappa shape index (κ3) is 3.15. The first-order chi connectivity index (χ1) is 11.9. The summed E-state index contributed by atoms with van der Waals surface area (Å²) in [5.41, 5.74) is 0.525. The molecule has 0 unspecified atom stereocenters. The normalized spacial score (nSPS) is 25.9. The van der Waals surface area contributed by atoms with Gasteiger partial charge in [0.25, 0.3) is 0 Å². The Labute approximate surface area is 141 Å². The van der Waals surface area contributed by atoms with E-state index in [9.17, 15) is 19.1 Å². The summed E-state index contributed by atoms with van der Waals surface area (Å²) in [5, 5.41) is 11.8. The predicted molar refractivity (Wildman–Crippen MR) is 81.1 cm³/mol. The Balaban J connectivity index is 2.02. The van der Waals surface area contributed by atoms with E-state index >= 15 is 0 Å². The van der Waals surface area contributed by atoms with Crippen molar-refractivity contribution >= 4 is 28.9 Å². The van der Waals surface area contributed by atoms with Gasteiger partial charge in [-0.15, -0.1) is 0 Å². The molecule has 4 atom stereocenters. The number of aliphatic hydroxyl groups is 1. The molecule has 1 fully saturated rings. The highest BCUT2D eigenvalue weighted by Crippen LogP contribution is 2.35. The lowest BCUT2D eigenvalue weighted by Crippen LogP contribution is -2.33. The monoisotopic (exact) mass is 353 g/mol. The standard InChI is InChI=1S/C14H16FN5O5/c1-6(22)19-12-10-13(17-4-16-12)20(5-18-10)14-11(24-7(2)23)9(15)8(3-21)25-14/h4-5,8-9,11,14,21H,3H2,1-2H3,(H,16,17,19,22)/t8-,9+,11+,14-/m1/s1. The first-order valence-corrected chi connectivity index (χ1v) is 7.45. The average molecular weight is 353 g/mol. The number of imidazole rings is 1. The SMILES string of the molecule is CC(=O)Nc1ncnc2c1ncn2[C@@H]1O[C@H](CO)[C@H](F)[C@@H]1OC(C)=O. The van der Waals surface area contributed by atoms with Gasteiger partial charge in [-0.2, -0.15) is 0 Å². The van der Waals surface area contributed by atoms with E-state index in [4.69, 9.17) is 9.47 Å². The Kier molecular flexibility index (Phi) is 4.59. The molecule has 0 bridgehead atoms. The second-order valence-electron chi connectivity index (χ2n) is 5.49. The van der Waals surface area contributed by atoms with Crippen LogP contribution in [0.3, 0.4) is 0 Å². The van der Waals surface area contributed by atoms with Gasteiger partial charge in [-0.25, -0.2) is 19.3 Å². The molecule has 134 valence electrons. The summed E-state index contributed by atoms with van der Waals surface area (Å²) in [6, 6.07) is 0. The molecule has 0 radical (unpaired) electrons. The number of rotatable bonds is 4. The second kappa shape index (κ2) is 6.69. The second-order valence-corrected chi connectivity index (χ2v) is 5.49. The molecule has 10 nitrogen and oxygen atoms in total. The van der Waals surface area contributed by atoms with Crippen molar-refractivity contribution in [3.8, 4) is 0 Å². The highest BCUT2D eigenvalue weighted by Gasteiger charge is 2.48. The minimum atomic E-state index is -1.71. The number of hydrogen-bond donors (Lipinski definition) is 2. The molecule has 0 saturated carbocycles. The van der Waals surface area contributed by atoms with Crippen LogP contribution >= 0.6 is 0 Å². The fourth-order valence-electron chi connectivity index (χ4n) is 2.68. The lowest BCUT2D eigenvalue weighted by Gasteiger charge is -2.20. The zero-order valence-corrected chi connectivity index (χ0v) is 13.4. The summed E-state index contributed by atoms with van der Waals surface area (Å²) < 4.78 is 26.3. The number of ether oxygens (including phenoxy) is 2. The Morgan fingerprint density at radius 1 is 1.40 bits per heavy atom. The number of aromatic nitrogens is 4. The van der Waals surface area contributed by atoms with Crippen LogP contribution in [-0.2, 0) is 19.1 Å². The quantitative estimate of drug-likeness (QED) is 0.732. The molecule has 1 aliphatic rings. The highest BCUT2D eigenvalue weighted by atomic mass is 19.1. The van der Waals surface area contributed by atoms with Gasteiger partial charge in [0.2, 0.25) is 5.91 Å². The van der Waals surface area contributed by atoms with Crippen molar-refractivity contribution in [2.75, 3.05) is 11.9 Å². The van der Waals surface area contributed by atoms with Crippen molar-refractivity contribution in [1.29, 1.82) is 0 Å². The number of carbonyl (C=O) groups excluding carboxylic acids is 2. The van der Waals surface area contributed by atoms with Gasteiger partial charge in [0.05, 0.1) is 12.9 Å². The number of nitrogens with one attached hydrogen (secondary N) is 1. The largest absolute Gasteiger partial charge is 0.454 e. The maximum absolute atomic E-state index is 14.4. The van der Waals surface area contributed by atoms with Gasteiger partial charge in [0.1, 0.15) is 12.4 Å². The van der Waals surface area contributed by atoms with Crippen LogP contribution in [0.15, 0.2) is 12.7 Å². The maximum atomic E-state index is 14.4. The summed E-state index contributed by atoms with van der Waals surface area (Å²) >= 11 is 0. The summed E-state index contributed by atoms with van der Waals surface area (Å²) in [5.74, 6) is -0.833. The van der Waals surface area contributed by atoms with E-state index in [0.717, 1.165) is 6.92 Å². The number of amides is 1. The smallest absolute Gasteiger partial charge is 0.303 e. The fourth-order valence-corrected chi connectivity index (χ4v) is 2.68. The minimum absolute atomic E-state index is 0.189. The minimum Gasteiger partial charge on any atom is -0.454 e. The van der Waals surface area contributed by atoms with E-state index in [-0.39, 0.29) is 22.9 Å². The lowest BCUT2D eigenvalue weighted by molar-refractivity contribution is -0.154. The number of fused-ring (bicyclic) bond motifs is 1. The van der Waals surface area contributed by atoms with E-state index < -0.39 is 37.2 Å². The number of nitrogens with zero attached hydrogens (tertiary/aromatic N) is 4. The maximum Gasteiger partial charge on any atom is 0.303 e. The highest BCUT2D eigenvalue weighted by molar-refractivity contribution is 5.95. The summed E-state index contributed by atoms with van der Waals surface area (Å²) in [4.78, 5) is 34.7. The van der Waals surface area contributed by atoms with Gasteiger partial charge < -0.3 is 19.9 Å². The topological polar surface area (TPSA) is 128 Å². The number of carbonyl (C=O) groups is 2. The molecule has 1 aliphatic heterocycles. The van der Waals surface area contributed by atoms with Crippen molar-refractivity contribution in [1.82, 2.24) is 19.5 Å². The Morgan fingerprint density at radius 3 is 2.80 bits per heavy atom. The van der Waals surface area contributed by atoms with Gasteiger partial charge in [-0.1, -0.05) is 0 Å². The fraction of sp³-hybridized carbons (Fsp3) is 0.500. The molecule has 2 aromatic rings. The molecule has 0 aromatic carbocycles. The molecule has 3 rings (SSSR count). The van der Waals surface area contributed by atoms with E-state index in [1.54, 1.807) is 0 Å². The van der Waals surface area contributed by atoms with Crippen LogP contribution in [0.4, 0.5) is 10.2 Å². The van der Waals surface area contributed by atoms with E-state index in [1.807, 2.05) is 0 Å². The summed E-state index contributed by atoms with van der Waals surface area (Å²) in [6.07, 6.45) is -2.68. The van der Waals surface area contributed by atoms with Gasteiger partial charge in [0, 0.05) is 13.8 Å². The van der Waals surface area contributed by atoms with Crippen molar-refractivity contribution < 1.29 is 28.6 Å². The average Bonchev–Trinajstić information content (AvgIpc) is 3.09. The van der Waals surface area contributed by atoms with Gasteiger partial charge >= 0.3 is 5.97 Å². The molecule has 3 heterocycles. The van der Waals surface area contributed by atoms with Gasteiger partial charge in [-0.3, -0.25) is 14.2 Å². The van der Waals surface area contributed by atoms with Crippen molar-refractivity contribution in [3.63, 3.8) is 0 Å². The molecule has 0 aliphatic carbocycles. The van der Waals surface area contributed by atoms with E-state index in [2.05, 4.69) is 20.3 Å². The Bertz CT molecular complexity index is 812. The lowest BCUT2D eigenvalue weighted by atomic mass is 10.1. The number of alkyl halides is 1. The van der Waals surface area contributed by atoms with Crippen LogP contribution in [0.25, 0.3) is 11.2 Å². The van der Waals surface area contributed by atoms with E-state index in [0.29, 0.717) is 0 Å². The summed E-state index contributed by atoms with van der Waals surface area (Å²) in [6.45, 7) is 1.90. The number of hydrogen-bond acceptors (Lipinski definition) is 8. The molecule has 11 heteroatoms. The number of esters is 1. The third-order valence-corrected chi connectivity index (χ3v) is 3.67. The molecule has 1 saturated heterocycles. The van der Waals surface area contributed by atoms with Crippen LogP contribution in [-0.4, -0.2) is 61.5 Å². The molecule has 2 aromatic heterocycles. The van der Waals surface area contributed by atoms with Crippen molar-refractivity contribution in [2.24, 2.45) is 0 Å². The Hall–Kier alpha value is -2.66. The van der Waals surface area contributed by atoms with Gasteiger partial charge in [-0.05, 0) is 0 Å². The molecule has 25 heavy (non-hydrogen) atoms. The van der Waals surface area contributed by atoms with Crippen molar-refractivity contribution in [3.05, 3.63) is 12.7 Å². The first kappa shape index (κ1) is 17.2. The number of aliphatic hydroxyl groups excluding tert-OH is 1. The molecule has 0 spiro atoms.